The van der Waals surface area contributed by atoms with E-state index >= 15 is 0 Å². The number of piperidine rings is 1. The lowest BCUT2D eigenvalue weighted by Gasteiger charge is -2.22. The van der Waals surface area contributed by atoms with Gasteiger partial charge in [0.1, 0.15) is 0 Å². The lowest BCUT2D eigenvalue weighted by molar-refractivity contribution is 0.343. The zero-order valence-electron chi connectivity index (χ0n) is 18.4. The van der Waals surface area contributed by atoms with Gasteiger partial charge < -0.3 is 5.32 Å². The second kappa shape index (κ2) is 7.22. The molecule has 4 aromatic heterocycles. The van der Waals surface area contributed by atoms with Crippen molar-refractivity contribution in [1.29, 1.82) is 0 Å². The number of nitrogens with zero attached hydrogens (tertiary/aromatic N) is 6. The Kier molecular flexibility index (Phi) is 4.14. The minimum atomic E-state index is -0.0109. The number of nitrogens with one attached hydrogen (secondary N) is 1. The number of fused-ring (bicyclic) bond motifs is 2. The van der Waals surface area contributed by atoms with Gasteiger partial charge in [-0.15, -0.1) is 0 Å². The first kappa shape index (κ1) is 18.9. The summed E-state index contributed by atoms with van der Waals surface area (Å²) >= 11 is 0. The highest BCUT2D eigenvalue weighted by Gasteiger charge is 2.48. The Morgan fingerprint density at radius 2 is 1.76 bits per heavy atom. The summed E-state index contributed by atoms with van der Waals surface area (Å²) in [6.45, 7) is 2.11. The van der Waals surface area contributed by atoms with Crippen LogP contribution in [0.2, 0.25) is 0 Å². The number of imidazole rings is 1. The van der Waals surface area contributed by atoms with Crippen LogP contribution in [0.5, 0.6) is 0 Å². The number of hydrogen-bond acceptors (Lipinski definition) is 5. The van der Waals surface area contributed by atoms with Crippen molar-refractivity contribution in [1.82, 2.24) is 34.4 Å². The van der Waals surface area contributed by atoms with Gasteiger partial charge in [-0.3, -0.25) is 14.1 Å². The highest BCUT2D eigenvalue weighted by Crippen LogP contribution is 2.53. The molecule has 7 rings (SSSR count). The van der Waals surface area contributed by atoms with Gasteiger partial charge in [0.2, 0.25) is 5.78 Å². The molecule has 7 heteroatoms. The smallest absolute Gasteiger partial charge is 0.233 e. The molecule has 5 heterocycles. The molecule has 2 aliphatic rings. The van der Waals surface area contributed by atoms with Gasteiger partial charge >= 0.3 is 0 Å². The van der Waals surface area contributed by atoms with Crippen molar-refractivity contribution in [2.45, 2.75) is 37.1 Å². The Balaban J connectivity index is 1.28. The molecule has 7 nitrogen and oxygen atoms in total. The van der Waals surface area contributed by atoms with E-state index in [1.807, 2.05) is 30.9 Å². The van der Waals surface area contributed by atoms with Crippen LogP contribution in [-0.4, -0.2) is 42.2 Å². The Morgan fingerprint density at radius 3 is 2.64 bits per heavy atom. The van der Waals surface area contributed by atoms with Crippen molar-refractivity contribution >= 4 is 16.7 Å². The van der Waals surface area contributed by atoms with Crippen LogP contribution in [0.15, 0.2) is 67.5 Å². The molecular weight excluding hydrogens is 410 g/mol. The number of benzene rings is 1. The SMILES string of the molecule is c1cnc2ccc(C3(c4cnc5ncc(-c6cnn(C7CCNCC7)c6)cn45)CC3)cc2c1. The van der Waals surface area contributed by atoms with E-state index in [1.165, 1.54) is 16.6 Å². The monoisotopic (exact) mass is 435 g/mol. The molecular formula is C26H25N7. The molecule has 0 atom stereocenters. The van der Waals surface area contributed by atoms with Crippen LogP contribution in [0, 0.1) is 0 Å². The number of aromatic nitrogens is 6. The molecule has 33 heavy (non-hydrogen) atoms. The van der Waals surface area contributed by atoms with Gasteiger partial charge in [0.25, 0.3) is 0 Å². The zero-order chi connectivity index (χ0) is 21.8. The number of hydrogen-bond donors (Lipinski definition) is 1. The summed E-state index contributed by atoms with van der Waals surface area (Å²) in [5.74, 6) is 0.744. The van der Waals surface area contributed by atoms with Crippen molar-refractivity contribution in [2.75, 3.05) is 13.1 Å². The minimum Gasteiger partial charge on any atom is -0.317 e. The second-order valence-electron chi connectivity index (χ2n) is 9.34. The summed E-state index contributed by atoms with van der Waals surface area (Å²) in [6, 6.07) is 11.2. The number of rotatable bonds is 4. The molecule has 1 saturated carbocycles. The van der Waals surface area contributed by atoms with Gasteiger partial charge in [-0.1, -0.05) is 12.1 Å². The van der Waals surface area contributed by atoms with E-state index in [9.17, 15) is 0 Å². The van der Waals surface area contributed by atoms with Gasteiger partial charge in [0, 0.05) is 46.7 Å². The van der Waals surface area contributed by atoms with Crippen LogP contribution in [0.3, 0.4) is 0 Å². The molecule has 1 saturated heterocycles. The molecule has 5 aromatic rings. The Hall–Kier alpha value is -3.58. The lowest BCUT2D eigenvalue weighted by Crippen LogP contribution is -2.29. The molecule has 0 unspecified atom stereocenters. The van der Waals surface area contributed by atoms with Gasteiger partial charge in [0.05, 0.1) is 29.6 Å². The van der Waals surface area contributed by atoms with E-state index in [2.05, 4.69) is 71.1 Å². The second-order valence-corrected chi connectivity index (χ2v) is 9.34. The average Bonchev–Trinajstić information content (AvgIpc) is 3.33. The highest BCUT2D eigenvalue weighted by atomic mass is 15.3. The maximum absolute atomic E-state index is 4.68. The van der Waals surface area contributed by atoms with Crippen molar-refractivity contribution in [3.63, 3.8) is 0 Å². The Morgan fingerprint density at radius 1 is 0.909 bits per heavy atom. The molecule has 1 aliphatic carbocycles. The Labute approximate surface area is 191 Å². The van der Waals surface area contributed by atoms with Crippen molar-refractivity contribution in [2.24, 2.45) is 0 Å². The molecule has 164 valence electrons. The van der Waals surface area contributed by atoms with Gasteiger partial charge in [-0.05, 0) is 62.5 Å². The number of pyridine rings is 1. The fourth-order valence-corrected chi connectivity index (χ4v) is 5.33. The summed E-state index contributed by atoms with van der Waals surface area (Å²) in [4.78, 5) is 13.8. The van der Waals surface area contributed by atoms with E-state index < -0.39 is 0 Å². The first-order chi connectivity index (χ1) is 16.3. The van der Waals surface area contributed by atoms with Gasteiger partial charge in [-0.2, -0.15) is 5.10 Å². The lowest BCUT2D eigenvalue weighted by atomic mass is 9.91. The molecule has 1 aromatic carbocycles. The maximum atomic E-state index is 4.68. The molecule has 0 radical (unpaired) electrons. The predicted octanol–water partition coefficient (Wildman–Crippen LogP) is 4.15. The normalized spacial score (nSPS) is 18.2. The fourth-order valence-electron chi connectivity index (χ4n) is 5.33. The van der Waals surface area contributed by atoms with Gasteiger partial charge in [-0.25, -0.2) is 9.97 Å². The van der Waals surface area contributed by atoms with Crippen molar-refractivity contribution < 1.29 is 0 Å². The topological polar surface area (TPSA) is 72.9 Å². The molecule has 0 bridgehead atoms. The molecule has 1 N–H and O–H groups in total. The third kappa shape index (κ3) is 3.07. The third-order valence-corrected chi connectivity index (χ3v) is 7.38. The van der Waals surface area contributed by atoms with E-state index in [-0.39, 0.29) is 5.41 Å². The summed E-state index contributed by atoms with van der Waals surface area (Å²) in [5.41, 5.74) is 5.73. The molecule has 0 amide bonds. The first-order valence-corrected chi connectivity index (χ1v) is 11.7. The van der Waals surface area contributed by atoms with Gasteiger partial charge in [0.15, 0.2) is 0 Å². The highest BCUT2D eigenvalue weighted by molar-refractivity contribution is 5.79. The van der Waals surface area contributed by atoms with Crippen LogP contribution in [0.1, 0.15) is 43.0 Å². The quantitative estimate of drug-likeness (QED) is 0.459. The largest absolute Gasteiger partial charge is 0.317 e. The minimum absolute atomic E-state index is 0.0109. The van der Waals surface area contributed by atoms with E-state index in [0.717, 1.165) is 61.2 Å². The van der Waals surface area contributed by atoms with Crippen molar-refractivity contribution in [3.05, 3.63) is 78.8 Å². The van der Waals surface area contributed by atoms with Crippen LogP contribution >= 0.6 is 0 Å². The van der Waals surface area contributed by atoms with Crippen LogP contribution in [0.4, 0.5) is 0 Å². The first-order valence-electron chi connectivity index (χ1n) is 11.7. The van der Waals surface area contributed by atoms with Crippen LogP contribution < -0.4 is 5.32 Å². The summed E-state index contributed by atoms with van der Waals surface area (Å²) in [7, 11) is 0. The summed E-state index contributed by atoms with van der Waals surface area (Å²) in [5, 5.41) is 9.28. The zero-order valence-corrected chi connectivity index (χ0v) is 18.4. The van der Waals surface area contributed by atoms with E-state index in [0.29, 0.717) is 6.04 Å². The summed E-state index contributed by atoms with van der Waals surface area (Å²) < 4.78 is 4.30. The van der Waals surface area contributed by atoms with Crippen LogP contribution in [0.25, 0.3) is 27.8 Å². The van der Waals surface area contributed by atoms with E-state index in [4.69, 9.17) is 0 Å². The Bertz CT molecular complexity index is 1470. The molecule has 1 aliphatic heterocycles. The maximum Gasteiger partial charge on any atom is 0.233 e. The molecule has 2 fully saturated rings. The van der Waals surface area contributed by atoms with E-state index in [1.54, 1.807) is 0 Å². The molecule has 0 spiro atoms. The average molecular weight is 436 g/mol. The summed E-state index contributed by atoms with van der Waals surface area (Å²) in [6.07, 6.45) is 16.5. The fraction of sp³-hybridized carbons (Fsp3) is 0.308. The predicted molar refractivity (Wildman–Crippen MR) is 127 cm³/mol. The van der Waals surface area contributed by atoms with Crippen molar-refractivity contribution in [3.8, 4) is 11.1 Å². The standard InChI is InChI=1S/C26H25N7/c1-2-18-12-21(3-4-23(18)28-9-1)26(7-8-26)24-15-30-25-29-13-19(16-32(24)25)20-14-31-33(17-20)22-5-10-27-11-6-22/h1-4,9,12-17,22,27H,5-8,10-11H2. The van der Waals surface area contributed by atoms with Crippen LogP contribution in [-0.2, 0) is 5.41 Å². The third-order valence-electron chi connectivity index (χ3n) is 7.38.